The Hall–Kier alpha value is -1.62. The van der Waals surface area contributed by atoms with Crippen molar-refractivity contribution in [3.05, 3.63) is 29.6 Å². The monoisotopic (exact) mass is 223 g/mol. The first kappa shape index (κ1) is 12.4. The highest BCUT2D eigenvalue weighted by atomic mass is 16.3. The topological polar surface area (TPSA) is 74.2 Å². The van der Waals surface area contributed by atoms with E-state index in [1.807, 2.05) is 19.1 Å². The highest BCUT2D eigenvalue weighted by Crippen LogP contribution is 1.98. The lowest BCUT2D eigenvalue weighted by Gasteiger charge is -2.11. The number of nitrogens with one attached hydrogen (secondary N) is 2. The lowest BCUT2D eigenvalue weighted by molar-refractivity contribution is 0.220. The molecule has 0 aliphatic heterocycles. The predicted molar refractivity (Wildman–Crippen MR) is 60.9 cm³/mol. The zero-order valence-electron chi connectivity index (χ0n) is 9.53. The van der Waals surface area contributed by atoms with Crippen molar-refractivity contribution < 1.29 is 9.90 Å². The van der Waals surface area contributed by atoms with E-state index in [0.717, 1.165) is 11.3 Å². The van der Waals surface area contributed by atoms with Crippen LogP contribution in [0.5, 0.6) is 0 Å². The number of hydrogen-bond acceptors (Lipinski definition) is 3. The second-order valence-electron chi connectivity index (χ2n) is 3.72. The summed E-state index contributed by atoms with van der Waals surface area (Å²) in [6, 6.07) is 3.28. The molecule has 0 fully saturated rings. The molecule has 1 aromatic rings. The van der Waals surface area contributed by atoms with Crippen LogP contribution in [0.3, 0.4) is 0 Å². The summed E-state index contributed by atoms with van der Waals surface area (Å²) in [5, 5.41) is 14.0. The standard InChI is InChI=1S/C11H17N3O2/c1-8-3-4-10(5-12-8)6-13-11(16)14-9(2)7-15/h3-5,9,15H,6-7H2,1-2H3,(H2,13,14,16)/t9-/m0/s1. The minimum absolute atomic E-state index is 0.0699. The van der Waals surface area contributed by atoms with Crippen LogP contribution in [-0.4, -0.2) is 28.8 Å². The van der Waals surface area contributed by atoms with Crippen molar-refractivity contribution in [2.45, 2.75) is 26.4 Å². The van der Waals surface area contributed by atoms with Gasteiger partial charge >= 0.3 is 6.03 Å². The number of aromatic nitrogens is 1. The number of hydrogen-bond donors (Lipinski definition) is 3. The van der Waals surface area contributed by atoms with Gasteiger partial charge in [-0.25, -0.2) is 4.79 Å². The summed E-state index contributed by atoms with van der Waals surface area (Å²) in [6.45, 7) is 4.00. The van der Waals surface area contributed by atoms with Gasteiger partial charge in [0.25, 0.3) is 0 Å². The van der Waals surface area contributed by atoms with Crippen LogP contribution >= 0.6 is 0 Å². The van der Waals surface area contributed by atoms with Crippen molar-refractivity contribution in [2.75, 3.05) is 6.61 Å². The Morgan fingerprint density at radius 3 is 2.88 bits per heavy atom. The van der Waals surface area contributed by atoms with Crippen LogP contribution in [0.15, 0.2) is 18.3 Å². The molecule has 0 saturated carbocycles. The van der Waals surface area contributed by atoms with Gasteiger partial charge in [0.05, 0.1) is 12.6 Å². The fourth-order valence-corrected chi connectivity index (χ4v) is 1.11. The molecule has 0 aromatic carbocycles. The van der Waals surface area contributed by atoms with Crippen molar-refractivity contribution in [3.63, 3.8) is 0 Å². The largest absolute Gasteiger partial charge is 0.394 e. The van der Waals surface area contributed by atoms with E-state index in [9.17, 15) is 4.79 Å². The third kappa shape index (κ3) is 4.27. The summed E-state index contributed by atoms with van der Waals surface area (Å²) >= 11 is 0. The number of carbonyl (C=O) groups is 1. The van der Waals surface area contributed by atoms with Crippen LogP contribution in [0.4, 0.5) is 4.79 Å². The van der Waals surface area contributed by atoms with Crippen molar-refractivity contribution in [3.8, 4) is 0 Å². The van der Waals surface area contributed by atoms with E-state index in [4.69, 9.17) is 5.11 Å². The maximum atomic E-state index is 11.3. The minimum Gasteiger partial charge on any atom is -0.394 e. The Labute approximate surface area is 94.9 Å². The zero-order chi connectivity index (χ0) is 12.0. The molecule has 0 bridgehead atoms. The Morgan fingerprint density at radius 2 is 2.31 bits per heavy atom. The Balaban J connectivity index is 2.34. The molecule has 2 amide bonds. The number of urea groups is 1. The van der Waals surface area contributed by atoms with Crippen molar-refractivity contribution in [1.82, 2.24) is 15.6 Å². The van der Waals surface area contributed by atoms with Crippen LogP contribution in [-0.2, 0) is 6.54 Å². The van der Waals surface area contributed by atoms with Gasteiger partial charge in [-0.3, -0.25) is 4.98 Å². The second-order valence-corrected chi connectivity index (χ2v) is 3.72. The summed E-state index contributed by atoms with van der Waals surface area (Å²) in [4.78, 5) is 15.4. The summed E-state index contributed by atoms with van der Waals surface area (Å²) in [7, 11) is 0. The average molecular weight is 223 g/mol. The fourth-order valence-electron chi connectivity index (χ4n) is 1.11. The molecule has 3 N–H and O–H groups in total. The Morgan fingerprint density at radius 1 is 1.56 bits per heavy atom. The first-order valence-electron chi connectivity index (χ1n) is 5.18. The van der Waals surface area contributed by atoms with Gasteiger partial charge in [-0.2, -0.15) is 0 Å². The van der Waals surface area contributed by atoms with E-state index in [-0.39, 0.29) is 18.7 Å². The Bertz CT molecular complexity index is 338. The number of rotatable bonds is 4. The quantitative estimate of drug-likeness (QED) is 0.698. The molecule has 1 aromatic heterocycles. The molecule has 0 radical (unpaired) electrons. The number of pyridine rings is 1. The summed E-state index contributed by atoms with van der Waals surface area (Å²) in [6.07, 6.45) is 1.73. The molecule has 0 aliphatic rings. The summed E-state index contributed by atoms with van der Waals surface area (Å²) in [5.41, 5.74) is 1.89. The van der Waals surface area contributed by atoms with Crippen LogP contribution in [0.2, 0.25) is 0 Å². The highest BCUT2D eigenvalue weighted by molar-refractivity contribution is 5.74. The lowest BCUT2D eigenvalue weighted by Crippen LogP contribution is -2.41. The van der Waals surface area contributed by atoms with Crippen LogP contribution in [0.1, 0.15) is 18.2 Å². The Kier molecular flexibility index (Phi) is 4.72. The lowest BCUT2D eigenvalue weighted by atomic mass is 10.2. The number of aliphatic hydroxyl groups excluding tert-OH is 1. The normalized spacial score (nSPS) is 11.9. The molecule has 5 heteroatoms. The maximum absolute atomic E-state index is 11.3. The third-order valence-corrected chi connectivity index (χ3v) is 2.08. The molecule has 1 heterocycles. The van der Waals surface area contributed by atoms with Crippen LogP contribution < -0.4 is 10.6 Å². The predicted octanol–water partition coefficient (Wildman–Crippen LogP) is 0.570. The number of aliphatic hydroxyl groups is 1. The third-order valence-electron chi connectivity index (χ3n) is 2.08. The summed E-state index contributed by atoms with van der Waals surface area (Å²) < 4.78 is 0. The van der Waals surface area contributed by atoms with Gasteiger partial charge in [0, 0.05) is 18.4 Å². The first-order valence-corrected chi connectivity index (χ1v) is 5.18. The van der Waals surface area contributed by atoms with Gasteiger partial charge in [-0.15, -0.1) is 0 Å². The first-order chi connectivity index (χ1) is 7.61. The van der Waals surface area contributed by atoms with E-state index >= 15 is 0 Å². The molecule has 0 spiro atoms. The van der Waals surface area contributed by atoms with E-state index in [1.54, 1.807) is 13.1 Å². The molecule has 1 rings (SSSR count). The van der Waals surface area contributed by atoms with E-state index in [1.165, 1.54) is 0 Å². The molecule has 1 atom stereocenters. The molecule has 0 aliphatic carbocycles. The van der Waals surface area contributed by atoms with Crippen molar-refractivity contribution in [2.24, 2.45) is 0 Å². The highest BCUT2D eigenvalue weighted by Gasteiger charge is 2.04. The van der Waals surface area contributed by atoms with Gasteiger partial charge < -0.3 is 15.7 Å². The minimum atomic E-state index is -0.290. The van der Waals surface area contributed by atoms with Crippen molar-refractivity contribution in [1.29, 1.82) is 0 Å². The van der Waals surface area contributed by atoms with Crippen LogP contribution in [0.25, 0.3) is 0 Å². The zero-order valence-corrected chi connectivity index (χ0v) is 9.53. The number of nitrogens with zero attached hydrogens (tertiary/aromatic N) is 1. The molecular weight excluding hydrogens is 206 g/mol. The fraction of sp³-hybridized carbons (Fsp3) is 0.455. The SMILES string of the molecule is Cc1ccc(CNC(=O)N[C@@H](C)CO)cn1. The molecule has 0 saturated heterocycles. The number of carbonyl (C=O) groups excluding carboxylic acids is 1. The van der Waals surface area contributed by atoms with Gasteiger partial charge in [0.1, 0.15) is 0 Å². The van der Waals surface area contributed by atoms with Gasteiger partial charge in [-0.05, 0) is 25.5 Å². The number of amides is 2. The molecule has 0 unspecified atom stereocenters. The van der Waals surface area contributed by atoms with E-state index in [0.29, 0.717) is 6.54 Å². The molecule has 88 valence electrons. The molecule has 16 heavy (non-hydrogen) atoms. The maximum Gasteiger partial charge on any atom is 0.315 e. The van der Waals surface area contributed by atoms with Gasteiger partial charge in [0.2, 0.25) is 0 Å². The average Bonchev–Trinajstić information content (AvgIpc) is 2.28. The summed E-state index contributed by atoms with van der Waals surface area (Å²) in [5.74, 6) is 0. The van der Waals surface area contributed by atoms with Crippen molar-refractivity contribution >= 4 is 6.03 Å². The van der Waals surface area contributed by atoms with E-state index in [2.05, 4.69) is 15.6 Å². The second kappa shape index (κ2) is 6.07. The van der Waals surface area contributed by atoms with E-state index < -0.39 is 0 Å². The van der Waals surface area contributed by atoms with Gasteiger partial charge in [-0.1, -0.05) is 6.07 Å². The number of aryl methyl sites for hydroxylation is 1. The smallest absolute Gasteiger partial charge is 0.315 e. The molecular formula is C11H17N3O2. The van der Waals surface area contributed by atoms with Crippen LogP contribution in [0, 0.1) is 6.92 Å². The van der Waals surface area contributed by atoms with Gasteiger partial charge in [0.15, 0.2) is 0 Å². The molecule has 5 nitrogen and oxygen atoms in total.